The number of ketones is 1. The maximum absolute atomic E-state index is 13.1. The Morgan fingerprint density at radius 2 is 2.04 bits per heavy atom. The molecular weight excluding hydrogens is 308 g/mol. The van der Waals surface area contributed by atoms with Gasteiger partial charge < -0.3 is 15.0 Å². The predicted octanol–water partition coefficient (Wildman–Crippen LogP) is 1.14. The molecule has 2 bridgehead atoms. The highest BCUT2D eigenvalue weighted by atomic mass is 16.5. The minimum Gasteiger partial charge on any atom is -0.477 e. The molecule has 1 aromatic rings. The van der Waals surface area contributed by atoms with Crippen LogP contribution < -0.4 is 15.0 Å². The second kappa shape index (κ2) is 5.61. The lowest BCUT2D eigenvalue weighted by Gasteiger charge is -2.36. The number of hydrogen-bond donors (Lipinski definition) is 1. The molecule has 2 fully saturated rings. The molecule has 4 atom stereocenters. The summed E-state index contributed by atoms with van der Waals surface area (Å²) < 4.78 is 5.74. The van der Waals surface area contributed by atoms with Gasteiger partial charge in [-0.2, -0.15) is 0 Å². The summed E-state index contributed by atoms with van der Waals surface area (Å²) in [5, 5.41) is 2.57. The highest BCUT2D eigenvalue weighted by molar-refractivity contribution is 6.02. The van der Waals surface area contributed by atoms with Crippen LogP contribution in [0.15, 0.2) is 24.3 Å². The first-order chi connectivity index (χ1) is 11.6. The molecule has 1 aliphatic heterocycles. The molecule has 1 N–H and O–H groups in total. The number of benzene rings is 1. The van der Waals surface area contributed by atoms with E-state index in [1.807, 2.05) is 18.2 Å². The standard InChI is InChI=1S/C18H20N2O4/c1-19-17(22)16-9-20(13-4-2-3-5-15(13)24-16)18(23)12-7-10-6-11(12)14(21)8-10/h2-5,10-12,16H,6-9H2,1H3,(H,19,22)/t10-,11+,12?,16?/m0/s1. The van der Waals surface area contributed by atoms with Gasteiger partial charge in [0.05, 0.1) is 12.2 Å². The van der Waals surface area contributed by atoms with Crippen molar-refractivity contribution in [1.82, 2.24) is 5.32 Å². The monoisotopic (exact) mass is 328 g/mol. The Morgan fingerprint density at radius 1 is 1.25 bits per heavy atom. The Kier molecular flexibility index (Phi) is 3.55. The molecule has 4 rings (SSSR count). The zero-order valence-electron chi connectivity index (χ0n) is 13.5. The van der Waals surface area contributed by atoms with E-state index in [-0.39, 0.29) is 36.0 Å². The number of nitrogens with zero attached hydrogens (tertiary/aromatic N) is 1. The first kappa shape index (κ1) is 15.2. The van der Waals surface area contributed by atoms with Gasteiger partial charge in [-0.15, -0.1) is 0 Å². The van der Waals surface area contributed by atoms with Crippen LogP contribution in [-0.2, 0) is 14.4 Å². The molecule has 126 valence electrons. The summed E-state index contributed by atoms with van der Waals surface area (Å²) in [6, 6.07) is 7.24. The molecule has 0 aromatic heterocycles. The van der Waals surface area contributed by atoms with Crippen molar-refractivity contribution in [2.75, 3.05) is 18.5 Å². The van der Waals surface area contributed by atoms with Crippen molar-refractivity contribution in [2.24, 2.45) is 17.8 Å². The quantitative estimate of drug-likeness (QED) is 0.883. The van der Waals surface area contributed by atoms with Crippen molar-refractivity contribution in [1.29, 1.82) is 0 Å². The number of likely N-dealkylation sites (N-methyl/N-ethyl adjacent to an activating group) is 1. The molecule has 2 amide bonds. The Bertz CT molecular complexity index is 717. The van der Waals surface area contributed by atoms with Gasteiger partial charge in [-0.1, -0.05) is 12.1 Å². The number of para-hydroxylation sites is 2. The molecule has 0 spiro atoms. The van der Waals surface area contributed by atoms with Crippen LogP contribution in [0.25, 0.3) is 0 Å². The van der Waals surface area contributed by atoms with Gasteiger partial charge >= 0.3 is 0 Å². The number of nitrogens with one attached hydrogen (secondary N) is 1. The Balaban J connectivity index is 1.64. The van der Waals surface area contributed by atoms with E-state index in [9.17, 15) is 14.4 Å². The SMILES string of the molecule is CNC(=O)C1CN(C(=O)C2C[C@H]3CC(=O)[C@@H]2C3)c2ccccc2O1. The average Bonchev–Trinajstić information content (AvgIpc) is 3.18. The van der Waals surface area contributed by atoms with Gasteiger partial charge in [-0.25, -0.2) is 0 Å². The summed E-state index contributed by atoms with van der Waals surface area (Å²) >= 11 is 0. The van der Waals surface area contributed by atoms with Crippen molar-refractivity contribution in [2.45, 2.75) is 25.4 Å². The van der Waals surface area contributed by atoms with Crippen LogP contribution in [0.5, 0.6) is 5.75 Å². The zero-order valence-corrected chi connectivity index (χ0v) is 13.5. The van der Waals surface area contributed by atoms with Crippen LogP contribution in [0, 0.1) is 17.8 Å². The fraction of sp³-hybridized carbons (Fsp3) is 0.500. The summed E-state index contributed by atoms with van der Waals surface area (Å²) in [5.74, 6) is 0.381. The van der Waals surface area contributed by atoms with Gasteiger partial charge in [0.1, 0.15) is 11.5 Å². The van der Waals surface area contributed by atoms with Crippen LogP contribution in [-0.4, -0.2) is 37.3 Å². The third-order valence-electron chi connectivity index (χ3n) is 5.46. The number of carbonyl (C=O) groups is 3. The molecule has 0 radical (unpaired) electrons. The Labute approximate surface area is 140 Å². The van der Waals surface area contributed by atoms with E-state index in [4.69, 9.17) is 4.74 Å². The number of hydrogen-bond acceptors (Lipinski definition) is 4. The maximum Gasteiger partial charge on any atom is 0.262 e. The van der Waals surface area contributed by atoms with E-state index < -0.39 is 6.10 Å². The zero-order chi connectivity index (χ0) is 16.8. The summed E-state index contributed by atoms with van der Waals surface area (Å²) in [6.07, 6.45) is 1.50. The summed E-state index contributed by atoms with van der Waals surface area (Å²) in [6.45, 7) is 0.178. The molecular formula is C18H20N2O4. The van der Waals surface area contributed by atoms with Gasteiger partial charge in [-0.3, -0.25) is 14.4 Å². The van der Waals surface area contributed by atoms with E-state index in [0.29, 0.717) is 23.8 Å². The molecule has 6 heteroatoms. The summed E-state index contributed by atoms with van der Waals surface area (Å²) in [4.78, 5) is 38.8. The van der Waals surface area contributed by atoms with E-state index in [0.717, 1.165) is 12.8 Å². The molecule has 1 aromatic carbocycles. The van der Waals surface area contributed by atoms with Crippen molar-refractivity contribution in [3.05, 3.63) is 24.3 Å². The lowest BCUT2D eigenvalue weighted by atomic mass is 9.86. The van der Waals surface area contributed by atoms with Gasteiger partial charge in [0, 0.05) is 25.3 Å². The number of carbonyl (C=O) groups excluding carboxylic acids is 3. The third kappa shape index (κ3) is 2.28. The van der Waals surface area contributed by atoms with E-state index in [2.05, 4.69) is 5.32 Å². The number of Topliss-reactive ketones (excluding diaryl/α,β-unsaturated/α-hetero) is 1. The molecule has 2 saturated carbocycles. The van der Waals surface area contributed by atoms with E-state index >= 15 is 0 Å². The molecule has 0 saturated heterocycles. The second-order valence-corrected chi connectivity index (χ2v) is 6.86. The van der Waals surface area contributed by atoms with Crippen molar-refractivity contribution < 1.29 is 19.1 Å². The maximum atomic E-state index is 13.1. The van der Waals surface area contributed by atoms with Crippen molar-refractivity contribution in [3.63, 3.8) is 0 Å². The van der Waals surface area contributed by atoms with Crippen LogP contribution in [0.3, 0.4) is 0 Å². The summed E-state index contributed by atoms with van der Waals surface area (Å²) in [7, 11) is 1.55. The highest BCUT2D eigenvalue weighted by Crippen LogP contribution is 2.48. The molecule has 24 heavy (non-hydrogen) atoms. The fourth-order valence-corrected chi connectivity index (χ4v) is 4.32. The lowest BCUT2D eigenvalue weighted by Crippen LogP contribution is -2.52. The minimum atomic E-state index is -0.733. The van der Waals surface area contributed by atoms with Crippen LogP contribution >= 0.6 is 0 Å². The Hall–Kier alpha value is -2.37. The predicted molar refractivity (Wildman–Crippen MR) is 86.6 cm³/mol. The lowest BCUT2D eigenvalue weighted by molar-refractivity contribution is -0.132. The third-order valence-corrected chi connectivity index (χ3v) is 5.46. The number of rotatable bonds is 2. The first-order valence-electron chi connectivity index (χ1n) is 8.40. The van der Waals surface area contributed by atoms with Gasteiger partial charge in [0.15, 0.2) is 6.10 Å². The van der Waals surface area contributed by atoms with E-state index in [1.54, 1.807) is 18.0 Å². The highest BCUT2D eigenvalue weighted by Gasteiger charge is 2.50. The molecule has 2 unspecified atom stereocenters. The van der Waals surface area contributed by atoms with Crippen molar-refractivity contribution >= 4 is 23.3 Å². The largest absolute Gasteiger partial charge is 0.477 e. The average molecular weight is 328 g/mol. The number of anilines is 1. The smallest absolute Gasteiger partial charge is 0.262 e. The first-order valence-corrected chi connectivity index (χ1v) is 8.40. The topological polar surface area (TPSA) is 75.7 Å². The van der Waals surface area contributed by atoms with Crippen molar-refractivity contribution in [3.8, 4) is 5.75 Å². The van der Waals surface area contributed by atoms with Crippen LogP contribution in [0.4, 0.5) is 5.69 Å². The van der Waals surface area contributed by atoms with E-state index in [1.165, 1.54) is 0 Å². The van der Waals surface area contributed by atoms with Gasteiger partial charge in [0.2, 0.25) is 5.91 Å². The number of amides is 2. The molecule has 1 heterocycles. The number of fused-ring (bicyclic) bond motifs is 3. The second-order valence-electron chi connectivity index (χ2n) is 6.86. The normalized spacial score (nSPS) is 30.7. The van der Waals surface area contributed by atoms with Gasteiger partial charge in [0.25, 0.3) is 5.91 Å². The minimum absolute atomic E-state index is 0.0554. The Morgan fingerprint density at radius 3 is 2.75 bits per heavy atom. The van der Waals surface area contributed by atoms with Crippen LogP contribution in [0.2, 0.25) is 0 Å². The van der Waals surface area contributed by atoms with Crippen LogP contribution in [0.1, 0.15) is 19.3 Å². The van der Waals surface area contributed by atoms with Gasteiger partial charge in [-0.05, 0) is 30.9 Å². The fourth-order valence-electron chi connectivity index (χ4n) is 4.32. The molecule has 3 aliphatic rings. The molecule has 6 nitrogen and oxygen atoms in total. The molecule has 2 aliphatic carbocycles. The number of ether oxygens (including phenoxy) is 1. The summed E-state index contributed by atoms with van der Waals surface area (Å²) in [5.41, 5.74) is 0.679.